The Morgan fingerprint density at radius 2 is 2.05 bits per heavy atom. The van der Waals surface area contributed by atoms with Gasteiger partial charge >= 0.3 is 0 Å². The van der Waals surface area contributed by atoms with Gasteiger partial charge in [0.1, 0.15) is 12.4 Å². The van der Waals surface area contributed by atoms with E-state index in [-0.39, 0.29) is 5.91 Å². The average molecular weight is 294 g/mol. The lowest BCUT2D eigenvalue weighted by Gasteiger charge is -2.16. The van der Waals surface area contributed by atoms with E-state index < -0.39 is 0 Å². The van der Waals surface area contributed by atoms with Crippen molar-refractivity contribution in [3.8, 4) is 0 Å². The molecule has 0 bridgehead atoms. The highest BCUT2D eigenvalue weighted by Gasteiger charge is 2.17. The Balaban J connectivity index is 2.06. The smallest absolute Gasteiger partial charge is 0.289 e. The first-order chi connectivity index (χ1) is 9.61. The van der Waals surface area contributed by atoms with Crippen LogP contribution in [0.5, 0.6) is 0 Å². The molecule has 106 valence electrons. The maximum Gasteiger partial charge on any atom is 0.289 e. The Labute approximate surface area is 122 Å². The summed E-state index contributed by atoms with van der Waals surface area (Å²) in [5.74, 6) is 0.737. The Hall–Kier alpha value is -1.78. The van der Waals surface area contributed by atoms with E-state index in [4.69, 9.17) is 20.8 Å². The number of furan rings is 1. The molecule has 0 unspecified atom stereocenters. The lowest BCUT2D eigenvalue weighted by Crippen LogP contribution is -2.25. The van der Waals surface area contributed by atoms with Gasteiger partial charge in [0.15, 0.2) is 5.76 Å². The third-order valence-corrected chi connectivity index (χ3v) is 3.24. The highest BCUT2D eigenvalue weighted by atomic mass is 35.5. The molecule has 1 aromatic carbocycles. The summed E-state index contributed by atoms with van der Waals surface area (Å²) in [6, 6.07) is 10.8. The summed E-state index contributed by atoms with van der Waals surface area (Å²) in [6.07, 6.45) is 0. The number of carbonyl (C=O) groups is 1. The number of carbonyl (C=O) groups excluding carboxylic acids is 1. The van der Waals surface area contributed by atoms with Gasteiger partial charge in [-0.25, -0.2) is 0 Å². The molecule has 0 atom stereocenters. The summed E-state index contributed by atoms with van der Waals surface area (Å²) in [7, 11) is 3.29. The van der Waals surface area contributed by atoms with E-state index in [1.54, 1.807) is 37.3 Å². The third kappa shape index (κ3) is 3.40. The maximum atomic E-state index is 12.2. The summed E-state index contributed by atoms with van der Waals surface area (Å²) < 4.78 is 10.4. The molecule has 1 amide bonds. The number of rotatable bonds is 5. The molecule has 0 N–H and O–H groups in total. The van der Waals surface area contributed by atoms with E-state index in [1.165, 1.54) is 0 Å². The van der Waals surface area contributed by atoms with E-state index in [0.29, 0.717) is 29.7 Å². The largest absolute Gasteiger partial charge is 0.453 e. The fourth-order valence-electron chi connectivity index (χ4n) is 1.85. The van der Waals surface area contributed by atoms with Crippen molar-refractivity contribution in [3.63, 3.8) is 0 Å². The van der Waals surface area contributed by atoms with Crippen molar-refractivity contribution in [3.05, 3.63) is 58.5 Å². The van der Waals surface area contributed by atoms with Gasteiger partial charge in [-0.3, -0.25) is 4.79 Å². The molecule has 0 aliphatic heterocycles. The molecule has 0 aliphatic rings. The normalized spacial score (nSPS) is 10.6. The molecule has 2 aromatic rings. The minimum absolute atomic E-state index is 0.188. The zero-order valence-electron chi connectivity index (χ0n) is 11.4. The second-order valence-corrected chi connectivity index (χ2v) is 4.86. The standard InChI is InChI=1S/C15H16ClNO3/c1-17(9-11-5-3-4-6-13(11)16)15(18)14-8-7-12(20-14)10-19-2/h3-8H,9-10H2,1-2H3. The second kappa shape index (κ2) is 6.59. The van der Waals surface area contributed by atoms with Gasteiger partial charge in [0.05, 0.1) is 0 Å². The van der Waals surface area contributed by atoms with Crippen LogP contribution < -0.4 is 0 Å². The molecule has 1 heterocycles. The Bertz CT molecular complexity index is 594. The lowest BCUT2D eigenvalue weighted by molar-refractivity contribution is 0.0745. The van der Waals surface area contributed by atoms with Gasteiger partial charge in [0.2, 0.25) is 0 Å². The van der Waals surface area contributed by atoms with Crippen LogP contribution in [0.15, 0.2) is 40.8 Å². The number of halogens is 1. The summed E-state index contributed by atoms with van der Waals surface area (Å²) in [4.78, 5) is 13.8. The predicted molar refractivity (Wildman–Crippen MR) is 76.7 cm³/mol. The van der Waals surface area contributed by atoms with E-state index in [2.05, 4.69) is 0 Å². The third-order valence-electron chi connectivity index (χ3n) is 2.87. The number of hydrogen-bond donors (Lipinski definition) is 0. The second-order valence-electron chi connectivity index (χ2n) is 4.45. The summed E-state index contributed by atoms with van der Waals surface area (Å²) in [5.41, 5.74) is 0.897. The van der Waals surface area contributed by atoms with Crippen molar-refractivity contribution in [1.29, 1.82) is 0 Å². The van der Waals surface area contributed by atoms with Gasteiger partial charge in [0.25, 0.3) is 5.91 Å². The van der Waals surface area contributed by atoms with Crippen LogP contribution >= 0.6 is 11.6 Å². The monoisotopic (exact) mass is 293 g/mol. The summed E-state index contributed by atoms with van der Waals surface area (Å²) >= 11 is 6.09. The van der Waals surface area contributed by atoms with Crippen LogP contribution in [0.1, 0.15) is 21.9 Å². The van der Waals surface area contributed by atoms with Gasteiger partial charge in [-0.05, 0) is 23.8 Å². The molecular formula is C15H16ClNO3. The van der Waals surface area contributed by atoms with Gasteiger partial charge in [-0.1, -0.05) is 29.8 Å². The van der Waals surface area contributed by atoms with Crippen molar-refractivity contribution in [2.24, 2.45) is 0 Å². The molecule has 4 nitrogen and oxygen atoms in total. The van der Waals surface area contributed by atoms with Gasteiger partial charge in [0, 0.05) is 25.7 Å². The van der Waals surface area contributed by atoms with Gasteiger partial charge < -0.3 is 14.1 Å². The van der Waals surface area contributed by atoms with E-state index in [0.717, 1.165) is 5.56 Å². The molecule has 1 aromatic heterocycles. The molecule has 0 saturated carbocycles. The van der Waals surface area contributed by atoms with Crippen LogP contribution in [0.4, 0.5) is 0 Å². The van der Waals surface area contributed by atoms with Gasteiger partial charge in [-0.2, -0.15) is 0 Å². The Morgan fingerprint density at radius 1 is 1.30 bits per heavy atom. The molecule has 0 radical (unpaired) electrons. The van der Waals surface area contributed by atoms with Gasteiger partial charge in [-0.15, -0.1) is 0 Å². The quantitative estimate of drug-likeness (QED) is 0.849. The maximum absolute atomic E-state index is 12.2. The van der Waals surface area contributed by atoms with Crippen LogP contribution in [0, 0.1) is 0 Å². The van der Waals surface area contributed by atoms with Crippen molar-refractivity contribution in [2.45, 2.75) is 13.2 Å². The van der Waals surface area contributed by atoms with E-state index in [1.807, 2.05) is 18.2 Å². The van der Waals surface area contributed by atoms with Crippen molar-refractivity contribution in [1.82, 2.24) is 4.90 Å². The average Bonchev–Trinajstić information content (AvgIpc) is 2.89. The first-order valence-corrected chi connectivity index (χ1v) is 6.56. The van der Waals surface area contributed by atoms with Crippen molar-refractivity contribution < 1.29 is 13.9 Å². The first kappa shape index (κ1) is 14.6. The van der Waals surface area contributed by atoms with Crippen molar-refractivity contribution in [2.75, 3.05) is 14.2 Å². The predicted octanol–water partition coefficient (Wildman–Crippen LogP) is 3.35. The minimum atomic E-state index is -0.188. The van der Waals surface area contributed by atoms with Crippen LogP contribution in [0.2, 0.25) is 5.02 Å². The van der Waals surface area contributed by atoms with Crippen LogP contribution in [0.25, 0.3) is 0 Å². The summed E-state index contributed by atoms with van der Waals surface area (Å²) in [6.45, 7) is 0.778. The zero-order valence-corrected chi connectivity index (χ0v) is 12.2. The van der Waals surface area contributed by atoms with Crippen LogP contribution in [-0.4, -0.2) is 25.0 Å². The number of hydrogen-bond acceptors (Lipinski definition) is 3. The fraction of sp³-hybridized carbons (Fsp3) is 0.267. The topological polar surface area (TPSA) is 42.7 Å². The number of benzene rings is 1. The SMILES string of the molecule is COCc1ccc(C(=O)N(C)Cc2ccccc2Cl)o1. The zero-order chi connectivity index (χ0) is 14.5. The number of nitrogens with zero attached hydrogens (tertiary/aromatic N) is 1. The van der Waals surface area contributed by atoms with Crippen LogP contribution in [-0.2, 0) is 17.9 Å². The number of methoxy groups -OCH3 is 1. The molecular weight excluding hydrogens is 278 g/mol. The number of amides is 1. The van der Waals surface area contributed by atoms with E-state index >= 15 is 0 Å². The summed E-state index contributed by atoms with van der Waals surface area (Å²) in [5, 5.41) is 0.645. The minimum Gasteiger partial charge on any atom is -0.453 e. The molecule has 0 saturated heterocycles. The lowest BCUT2D eigenvalue weighted by atomic mass is 10.2. The Kier molecular flexibility index (Phi) is 4.82. The van der Waals surface area contributed by atoms with Crippen molar-refractivity contribution >= 4 is 17.5 Å². The highest BCUT2D eigenvalue weighted by Crippen LogP contribution is 2.18. The Morgan fingerprint density at radius 3 is 2.75 bits per heavy atom. The molecule has 2 rings (SSSR count). The molecule has 20 heavy (non-hydrogen) atoms. The molecule has 5 heteroatoms. The fourth-order valence-corrected chi connectivity index (χ4v) is 2.05. The van der Waals surface area contributed by atoms with Crippen LogP contribution in [0.3, 0.4) is 0 Å². The molecule has 0 fully saturated rings. The number of ether oxygens (including phenoxy) is 1. The van der Waals surface area contributed by atoms with E-state index in [9.17, 15) is 4.79 Å². The molecule has 0 spiro atoms. The molecule has 0 aliphatic carbocycles. The first-order valence-electron chi connectivity index (χ1n) is 6.18. The highest BCUT2D eigenvalue weighted by molar-refractivity contribution is 6.31.